The normalized spacial score (nSPS) is 10.4. The molecule has 0 bridgehead atoms. The number of carbonyl (C=O) groups excluding carboxylic acids is 1. The molecule has 1 aromatic heterocycles. The summed E-state index contributed by atoms with van der Waals surface area (Å²) < 4.78 is 1.55. The van der Waals surface area contributed by atoms with Gasteiger partial charge in [0, 0.05) is 5.56 Å². The van der Waals surface area contributed by atoms with Gasteiger partial charge in [0.05, 0.1) is 6.20 Å². The molecule has 0 fully saturated rings. The predicted octanol–water partition coefficient (Wildman–Crippen LogP) is 1.84. The molecule has 4 nitrogen and oxygen atoms in total. The Labute approximate surface area is 93.9 Å². The van der Waals surface area contributed by atoms with Crippen molar-refractivity contribution >= 4 is 5.78 Å². The van der Waals surface area contributed by atoms with E-state index >= 15 is 0 Å². The van der Waals surface area contributed by atoms with Gasteiger partial charge < -0.3 is 0 Å². The Balaban J connectivity index is 2.24. The largest absolute Gasteiger partial charge is 0.298 e. The minimum absolute atomic E-state index is 0.0698. The summed E-state index contributed by atoms with van der Waals surface area (Å²) in [5.41, 5.74) is 3.02. The summed E-state index contributed by atoms with van der Waals surface area (Å²) in [6, 6.07) is 8.05. The van der Waals surface area contributed by atoms with E-state index in [1.807, 2.05) is 31.2 Å². The second kappa shape index (κ2) is 4.26. The summed E-state index contributed by atoms with van der Waals surface area (Å²) in [4.78, 5) is 10.9. The zero-order valence-electron chi connectivity index (χ0n) is 9.34. The highest BCUT2D eigenvalue weighted by Crippen LogP contribution is 2.16. The van der Waals surface area contributed by atoms with Crippen LogP contribution >= 0.6 is 0 Å². The van der Waals surface area contributed by atoms with Crippen molar-refractivity contribution in [2.45, 2.75) is 20.4 Å². The number of ketones is 1. The molecule has 0 unspecified atom stereocenters. The predicted molar refractivity (Wildman–Crippen MR) is 60.9 cm³/mol. The van der Waals surface area contributed by atoms with Crippen LogP contribution in [-0.4, -0.2) is 20.8 Å². The molecule has 82 valence electrons. The van der Waals surface area contributed by atoms with Gasteiger partial charge in [-0.05, 0) is 13.8 Å². The number of hydrogen-bond acceptors (Lipinski definition) is 3. The first kappa shape index (κ1) is 10.5. The summed E-state index contributed by atoms with van der Waals surface area (Å²) >= 11 is 0. The van der Waals surface area contributed by atoms with Crippen LogP contribution in [0.15, 0.2) is 30.5 Å². The van der Waals surface area contributed by atoms with Gasteiger partial charge in [-0.15, -0.1) is 5.10 Å². The van der Waals surface area contributed by atoms with Crippen molar-refractivity contribution in [3.8, 4) is 11.3 Å². The van der Waals surface area contributed by atoms with Gasteiger partial charge in [-0.1, -0.05) is 35.0 Å². The maximum absolute atomic E-state index is 10.9. The van der Waals surface area contributed by atoms with Crippen LogP contribution in [0.5, 0.6) is 0 Å². The van der Waals surface area contributed by atoms with Crippen molar-refractivity contribution in [3.05, 3.63) is 36.0 Å². The van der Waals surface area contributed by atoms with E-state index < -0.39 is 0 Å². The molecule has 0 aliphatic rings. The Bertz CT molecular complexity index is 499. The first-order valence-corrected chi connectivity index (χ1v) is 5.12. The second-order valence-electron chi connectivity index (χ2n) is 3.87. The summed E-state index contributed by atoms with van der Waals surface area (Å²) in [7, 11) is 0. The quantitative estimate of drug-likeness (QED) is 0.785. The molecule has 0 spiro atoms. The van der Waals surface area contributed by atoms with Crippen LogP contribution in [0, 0.1) is 6.92 Å². The lowest BCUT2D eigenvalue weighted by molar-refractivity contribution is -0.117. The van der Waals surface area contributed by atoms with E-state index in [1.165, 1.54) is 12.5 Å². The van der Waals surface area contributed by atoms with Crippen LogP contribution in [0.3, 0.4) is 0 Å². The third-order valence-corrected chi connectivity index (χ3v) is 2.27. The Morgan fingerprint density at radius 1 is 1.31 bits per heavy atom. The molecule has 16 heavy (non-hydrogen) atoms. The molecule has 0 aliphatic heterocycles. The maximum Gasteiger partial charge on any atom is 0.151 e. The Kier molecular flexibility index (Phi) is 2.81. The maximum atomic E-state index is 10.9. The molecule has 1 heterocycles. The number of aryl methyl sites for hydroxylation is 1. The Morgan fingerprint density at radius 3 is 2.62 bits per heavy atom. The van der Waals surface area contributed by atoms with Crippen LogP contribution in [0.25, 0.3) is 11.3 Å². The fraction of sp³-hybridized carbons (Fsp3) is 0.250. The monoisotopic (exact) mass is 215 g/mol. The fourth-order valence-corrected chi connectivity index (χ4v) is 1.46. The molecule has 0 amide bonds. The number of hydrogen-bond donors (Lipinski definition) is 0. The molecule has 0 aliphatic carbocycles. The Hall–Kier alpha value is -1.97. The lowest BCUT2D eigenvalue weighted by Gasteiger charge is -1.96. The van der Waals surface area contributed by atoms with Crippen molar-refractivity contribution in [1.29, 1.82) is 0 Å². The third kappa shape index (κ3) is 2.34. The van der Waals surface area contributed by atoms with Crippen molar-refractivity contribution in [1.82, 2.24) is 15.0 Å². The average Bonchev–Trinajstić information content (AvgIpc) is 2.66. The third-order valence-electron chi connectivity index (χ3n) is 2.27. The first-order valence-electron chi connectivity index (χ1n) is 5.12. The van der Waals surface area contributed by atoms with Gasteiger partial charge in [0.25, 0.3) is 0 Å². The SMILES string of the molecule is CC(=O)Cn1cc(-c2ccc(C)cc2)nn1. The molecule has 0 radical (unpaired) electrons. The van der Waals surface area contributed by atoms with E-state index in [0.717, 1.165) is 11.3 Å². The van der Waals surface area contributed by atoms with Gasteiger partial charge in [-0.2, -0.15) is 0 Å². The van der Waals surface area contributed by atoms with E-state index in [4.69, 9.17) is 0 Å². The average molecular weight is 215 g/mol. The lowest BCUT2D eigenvalue weighted by atomic mass is 10.1. The highest BCUT2D eigenvalue weighted by molar-refractivity contribution is 5.75. The number of aromatic nitrogens is 3. The van der Waals surface area contributed by atoms with Gasteiger partial charge >= 0.3 is 0 Å². The summed E-state index contributed by atoms with van der Waals surface area (Å²) in [6.07, 6.45) is 1.78. The molecule has 2 rings (SSSR count). The number of Topliss-reactive ketones (excluding diaryl/α,β-unsaturated/α-hetero) is 1. The van der Waals surface area contributed by atoms with Crippen molar-refractivity contribution in [2.75, 3.05) is 0 Å². The standard InChI is InChI=1S/C12H13N3O/c1-9-3-5-11(6-4-9)12-8-15(14-13-12)7-10(2)16/h3-6,8H,7H2,1-2H3. The van der Waals surface area contributed by atoms with Crippen molar-refractivity contribution in [3.63, 3.8) is 0 Å². The minimum atomic E-state index is 0.0698. The van der Waals surface area contributed by atoms with E-state index in [9.17, 15) is 4.79 Å². The van der Waals surface area contributed by atoms with Gasteiger partial charge in [-0.25, -0.2) is 4.68 Å². The molecule has 0 N–H and O–H groups in total. The molecule has 0 saturated heterocycles. The van der Waals surface area contributed by atoms with Gasteiger partial charge in [0.2, 0.25) is 0 Å². The number of carbonyl (C=O) groups is 1. The number of rotatable bonds is 3. The van der Waals surface area contributed by atoms with Crippen LogP contribution in [0.4, 0.5) is 0 Å². The summed E-state index contributed by atoms with van der Waals surface area (Å²) in [5, 5.41) is 7.93. The number of nitrogens with zero attached hydrogens (tertiary/aromatic N) is 3. The van der Waals surface area contributed by atoms with Crippen LogP contribution in [-0.2, 0) is 11.3 Å². The van der Waals surface area contributed by atoms with Gasteiger partial charge in [0.1, 0.15) is 12.2 Å². The van der Waals surface area contributed by atoms with Crippen molar-refractivity contribution < 1.29 is 4.79 Å². The van der Waals surface area contributed by atoms with E-state index in [1.54, 1.807) is 10.9 Å². The summed E-state index contributed by atoms with van der Waals surface area (Å²) in [6.45, 7) is 3.85. The molecule has 1 aromatic carbocycles. The van der Waals surface area contributed by atoms with Crippen LogP contribution in [0.1, 0.15) is 12.5 Å². The van der Waals surface area contributed by atoms with Crippen molar-refractivity contribution in [2.24, 2.45) is 0 Å². The van der Waals surface area contributed by atoms with E-state index in [0.29, 0.717) is 0 Å². The zero-order valence-corrected chi connectivity index (χ0v) is 9.34. The number of benzene rings is 1. The summed E-state index contributed by atoms with van der Waals surface area (Å²) in [5.74, 6) is 0.0698. The highest BCUT2D eigenvalue weighted by Gasteiger charge is 2.04. The van der Waals surface area contributed by atoms with E-state index in [-0.39, 0.29) is 12.3 Å². The second-order valence-corrected chi connectivity index (χ2v) is 3.87. The highest BCUT2D eigenvalue weighted by atomic mass is 16.1. The molecular formula is C12H13N3O. The molecule has 0 atom stereocenters. The van der Waals surface area contributed by atoms with Crippen LogP contribution < -0.4 is 0 Å². The zero-order chi connectivity index (χ0) is 11.5. The molecule has 2 aromatic rings. The first-order chi connectivity index (χ1) is 7.65. The fourth-order valence-electron chi connectivity index (χ4n) is 1.46. The van der Waals surface area contributed by atoms with E-state index in [2.05, 4.69) is 10.3 Å². The van der Waals surface area contributed by atoms with Crippen LogP contribution in [0.2, 0.25) is 0 Å². The molecule has 4 heteroatoms. The van der Waals surface area contributed by atoms with Gasteiger partial charge in [0.15, 0.2) is 5.78 Å². The molecule has 0 saturated carbocycles. The lowest BCUT2D eigenvalue weighted by Crippen LogP contribution is -2.06. The topological polar surface area (TPSA) is 47.8 Å². The smallest absolute Gasteiger partial charge is 0.151 e. The minimum Gasteiger partial charge on any atom is -0.298 e. The molecular weight excluding hydrogens is 202 g/mol. The Morgan fingerprint density at radius 2 is 2.00 bits per heavy atom. The van der Waals surface area contributed by atoms with Gasteiger partial charge in [-0.3, -0.25) is 4.79 Å².